The van der Waals surface area contributed by atoms with Gasteiger partial charge in [0.15, 0.2) is 0 Å². The Morgan fingerprint density at radius 3 is 2.05 bits per heavy atom. The molecule has 1 atom stereocenters. The van der Waals surface area contributed by atoms with Crippen molar-refractivity contribution in [3.8, 4) is 0 Å². The molecule has 19 heavy (non-hydrogen) atoms. The van der Waals surface area contributed by atoms with Gasteiger partial charge in [0, 0.05) is 6.42 Å². The number of alkyl halides is 1. The Labute approximate surface area is 119 Å². The zero-order valence-electron chi connectivity index (χ0n) is 11.8. The van der Waals surface area contributed by atoms with Gasteiger partial charge in [-0.25, -0.2) is 0 Å². The molecule has 0 unspecified atom stereocenters. The third-order valence-electron chi connectivity index (χ3n) is 1.81. The fourth-order valence-electron chi connectivity index (χ4n) is 1.32. The first-order valence-electron chi connectivity index (χ1n) is 6.08. The van der Waals surface area contributed by atoms with Gasteiger partial charge >= 0.3 is 13.6 Å². The Kier molecular flexibility index (Phi) is 8.59. The topological polar surface area (TPSA) is 61.8 Å². The molecule has 0 aromatic rings. The van der Waals surface area contributed by atoms with Crippen LogP contribution in [0.3, 0.4) is 0 Å². The van der Waals surface area contributed by atoms with E-state index >= 15 is 0 Å². The molecule has 0 aromatic carbocycles. The molecule has 0 aliphatic rings. The first-order valence-corrected chi connectivity index (χ1v) is 8.22. The van der Waals surface area contributed by atoms with Crippen molar-refractivity contribution in [3.63, 3.8) is 0 Å². The van der Waals surface area contributed by atoms with Crippen molar-refractivity contribution >= 4 is 25.2 Å². The maximum absolute atomic E-state index is 12.8. The highest BCUT2D eigenvalue weighted by Gasteiger charge is 2.40. The Hall–Kier alpha value is -0.350. The number of hydrogen-bond donors (Lipinski definition) is 0. The lowest BCUT2D eigenvalue weighted by Gasteiger charge is -2.28. The lowest BCUT2D eigenvalue weighted by atomic mass is 10.4. The molecule has 5 nitrogen and oxygen atoms in total. The number of ether oxygens (including phenoxy) is 1. The van der Waals surface area contributed by atoms with Crippen LogP contribution in [0.25, 0.3) is 0 Å². The van der Waals surface area contributed by atoms with Crippen LogP contribution in [0.4, 0.5) is 0 Å². The molecule has 0 aliphatic carbocycles. The SMILES string of the molecule is C=CC[C@@H](OC(=O)CCl)P(=O)(OC(C)C)OC(C)C. The van der Waals surface area contributed by atoms with Gasteiger partial charge in [0.05, 0.1) is 12.2 Å². The first kappa shape index (κ1) is 18.7. The van der Waals surface area contributed by atoms with Crippen molar-refractivity contribution in [1.29, 1.82) is 0 Å². The van der Waals surface area contributed by atoms with Crippen LogP contribution >= 0.6 is 19.2 Å². The predicted octanol–water partition coefficient (Wildman–Crippen LogP) is 3.71. The highest BCUT2D eigenvalue weighted by Crippen LogP contribution is 2.56. The number of hydrogen-bond acceptors (Lipinski definition) is 5. The highest BCUT2D eigenvalue weighted by molar-refractivity contribution is 7.54. The van der Waals surface area contributed by atoms with Gasteiger partial charge in [-0.15, -0.1) is 18.2 Å². The maximum atomic E-state index is 12.8. The van der Waals surface area contributed by atoms with Crippen molar-refractivity contribution in [2.75, 3.05) is 5.88 Å². The third-order valence-corrected chi connectivity index (χ3v) is 4.48. The second-order valence-electron chi connectivity index (χ2n) is 4.45. The number of halogens is 1. The Morgan fingerprint density at radius 2 is 1.74 bits per heavy atom. The van der Waals surface area contributed by atoms with Crippen molar-refractivity contribution in [2.45, 2.75) is 52.2 Å². The molecule has 0 saturated heterocycles. The van der Waals surface area contributed by atoms with Gasteiger partial charge in [-0.05, 0) is 27.7 Å². The van der Waals surface area contributed by atoms with Crippen molar-refractivity contribution in [3.05, 3.63) is 12.7 Å². The summed E-state index contributed by atoms with van der Waals surface area (Å²) in [6.45, 7) is 10.5. The molecule has 0 radical (unpaired) electrons. The van der Waals surface area contributed by atoms with Gasteiger partial charge in [0.25, 0.3) is 0 Å². The van der Waals surface area contributed by atoms with E-state index in [1.165, 1.54) is 6.08 Å². The van der Waals surface area contributed by atoms with Gasteiger partial charge in [-0.2, -0.15) is 0 Å². The second-order valence-corrected chi connectivity index (χ2v) is 6.80. The van der Waals surface area contributed by atoms with Crippen LogP contribution in [0.1, 0.15) is 34.1 Å². The molecular weight excluding hydrogens is 291 g/mol. The minimum absolute atomic E-state index is 0.166. The molecule has 0 bridgehead atoms. The highest BCUT2D eigenvalue weighted by atomic mass is 35.5. The summed E-state index contributed by atoms with van der Waals surface area (Å²) < 4.78 is 28.6. The number of rotatable bonds is 9. The monoisotopic (exact) mass is 312 g/mol. The number of carbonyl (C=O) groups excluding carboxylic acids is 1. The summed E-state index contributed by atoms with van der Waals surface area (Å²) >= 11 is 5.39. The number of esters is 1. The molecular formula is C12H22ClO5P. The fraction of sp³-hybridized carbons (Fsp3) is 0.750. The zero-order chi connectivity index (χ0) is 15.1. The van der Waals surface area contributed by atoms with E-state index in [9.17, 15) is 9.36 Å². The predicted molar refractivity (Wildman–Crippen MR) is 75.5 cm³/mol. The van der Waals surface area contributed by atoms with E-state index in [1.54, 1.807) is 27.7 Å². The van der Waals surface area contributed by atoms with E-state index < -0.39 is 19.4 Å². The van der Waals surface area contributed by atoms with E-state index in [2.05, 4.69) is 6.58 Å². The van der Waals surface area contributed by atoms with E-state index in [-0.39, 0.29) is 24.5 Å². The quantitative estimate of drug-likeness (QED) is 0.281. The second kappa shape index (κ2) is 8.75. The Bertz CT molecular complexity index is 329. The van der Waals surface area contributed by atoms with Gasteiger partial charge < -0.3 is 13.8 Å². The zero-order valence-corrected chi connectivity index (χ0v) is 13.4. The van der Waals surface area contributed by atoms with Gasteiger partial charge in [0.1, 0.15) is 5.88 Å². The van der Waals surface area contributed by atoms with Crippen LogP contribution in [0, 0.1) is 0 Å². The minimum atomic E-state index is -3.60. The van der Waals surface area contributed by atoms with Crippen LogP contribution < -0.4 is 0 Å². The van der Waals surface area contributed by atoms with Gasteiger partial charge in [-0.1, -0.05) is 6.08 Å². The molecule has 0 aromatic heterocycles. The Morgan fingerprint density at radius 1 is 1.26 bits per heavy atom. The number of carbonyl (C=O) groups is 1. The summed E-state index contributed by atoms with van der Waals surface area (Å²) in [6, 6.07) is 0. The lowest BCUT2D eigenvalue weighted by molar-refractivity contribution is -0.143. The molecule has 0 heterocycles. The minimum Gasteiger partial charge on any atom is -0.448 e. The smallest absolute Gasteiger partial charge is 0.371 e. The molecule has 0 N–H and O–H groups in total. The van der Waals surface area contributed by atoms with Gasteiger partial charge in [-0.3, -0.25) is 9.36 Å². The maximum Gasteiger partial charge on any atom is 0.371 e. The van der Waals surface area contributed by atoms with Crippen molar-refractivity contribution in [1.82, 2.24) is 0 Å². The Balaban J connectivity index is 5.16. The average molecular weight is 313 g/mol. The van der Waals surface area contributed by atoms with Crippen molar-refractivity contribution < 1.29 is 23.1 Å². The van der Waals surface area contributed by atoms with E-state index in [1.807, 2.05) is 0 Å². The van der Waals surface area contributed by atoms with Crippen LogP contribution in [0.5, 0.6) is 0 Å². The molecule has 0 rings (SSSR count). The molecule has 0 spiro atoms. The molecule has 0 aliphatic heterocycles. The molecule has 0 saturated carbocycles. The molecule has 0 amide bonds. The summed E-state index contributed by atoms with van der Waals surface area (Å²) in [5.74, 6) is -2.02. The standard InChI is InChI=1S/C12H22ClO5P/c1-6-7-12(16-11(14)8-13)19(15,17-9(2)3)18-10(4)5/h6,9-10,12H,1,7-8H2,2-5H3/t12-/m0/s1. The van der Waals surface area contributed by atoms with Gasteiger partial charge in [0.2, 0.25) is 5.85 Å². The fourth-order valence-corrected chi connectivity index (χ4v) is 3.53. The largest absolute Gasteiger partial charge is 0.448 e. The van der Waals surface area contributed by atoms with Crippen molar-refractivity contribution in [2.24, 2.45) is 0 Å². The van der Waals surface area contributed by atoms with Crippen LogP contribution in [0.2, 0.25) is 0 Å². The van der Waals surface area contributed by atoms with E-state index in [0.717, 1.165) is 0 Å². The van der Waals surface area contributed by atoms with Crippen LogP contribution in [-0.2, 0) is 23.1 Å². The summed E-state index contributed by atoms with van der Waals surface area (Å²) in [5.41, 5.74) is 0. The van der Waals surface area contributed by atoms with E-state index in [4.69, 9.17) is 25.4 Å². The first-order chi connectivity index (χ1) is 8.75. The molecule has 0 fully saturated rings. The normalized spacial score (nSPS) is 13.6. The summed E-state index contributed by atoms with van der Waals surface area (Å²) in [4.78, 5) is 11.3. The van der Waals surface area contributed by atoms with Crippen LogP contribution in [0.15, 0.2) is 12.7 Å². The lowest BCUT2D eigenvalue weighted by Crippen LogP contribution is -2.24. The summed E-state index contributed by atoms with van der Waals surface area (Å²) in [7, 11) is -3.60. The molecule has 7 heteroatoms. The van der Waals surface area contributed by atoms with Crippen LogP contribution in [-0.4, -0.2) is 29.9 Å². The third kappa shape index (κ3) is 7.11. The average Bonchev–Trinajstić information content (AvgIpc) is 2.25. The molecule has 112 valence electrons. The van der Waals surface area contributed by atoms with E-state index in [0.29, 0.717) is 0 Å². The summed E-state index contributed by atoms with van der Waals surface area (Å²) in [5, 5.41) is 0. The summed E-state index contributed by atoms with van der Waals surface area (Å²) in [6.07, 6.45) is 1.00.